The standard InChI is InChI=1S/C21H33BrN4O/c1-2-23-20(24-12-5-13-26-14-8-17(27)9-15-26)25-16-21(10-11-21)18-6-3-4-7-19(18)22/h3-4,6-7,17,27H,2,5,8-16H2,1H3,(H2,23,24,25). The van der Waals surface area contributed by atoms with Crippen LogP contribution < -0.4 is 10.6 Å². The Morgan fingerprint density at radius 3 is 2.67 bits per heavy atom. The molecule has 1 aromatic rings. The van der Waals surface area contributed by atoms with E-state index < -0.39 is 0 Å². The van der Waals surface area contributed by atoms with Gasteiger partial charge in [-0.15, -0.1) is 0 Å². The molecule has 0 aromatic heterocycles. The van der Waals surface area contributed by atoms with Crippen molar-refractivity contribution in [3.05, 3.63) is 34.3 Å². The molecule has 150 valence electrons. The average Bonchev–Trinajstić information content (AvgIpc) is 3.46. The monoisotopic (exact) mass is 436 g/mol. The van der Waals surface area contributed by atoms with Crippen molar-refractivity contribution in [2.45, 2.75) is 50.5 Å². The van der Waals surface area contributed by atoms with Gasteiger partial charge in [0.25, 0.3) is 0 Å². The number of nitrogens with one attached hydrogen (secondary N) is 2. The molecule has 0 amide bonds. The Balaban J connectivity index is 1.46. The second kappa shape index (κ2) is 9.89. The van der Waals surface area contributed by atoms with Gasteiger partial charge in [-0.2, -0.15) is 0 Å². The molecule has 5 nitrogen and oxygen atoms in total. The highest BCUT2D eigenvalue weighted by atomic mass is 79.9. The number of halogens is 1. The van der Waals surface area contributed by atoms with Crippen molar-refractivity contribution < 1.29 is 5.11 Å². The van der Waals surface area contributed by atoms with E-state index in [-0.39, 0.29) is 11.5 Å². The molecule has 0 unspecified atom stereocenters. The van der Waals surface area contributed by atoms with Crippen LogP contribution in [0, 0.1) is 0 Å². The van der Waals surface area contributed by atoms with E-state index in [0.717, 1.165) is 64.5 Å². The fourth-order valence-corrected chi connectivity index (χ4v) is 4.48. The zero-order valence-electron chi connectivity index (χ0n) is 16.4. The summed E-state index contributed by atoms with van der Waals surface area (Å²) in [5, 5.41) is 16.5. The lowest BCUT2D eigenvalue weighted by Crippen LogP contribution is -2.40. The van der Waals surface area contributed by atoms with Gasteiger partial charge in [0, 0.05) is 36.1 Å². The molecule has 6 heteroatoms. The van der Waals surface area contributed by atoms with E-state index in [1.165, 1.54) is 22.9 Å². The molecular weight excluding hydrogens is 404 g/mol. The quantitative estimate of drug-likeness (QED) is 0.333. The molecular formula is C21H33BrN4O. The first-order valence-corrected chi connectivity index (χ1v) is 11.1. The highest BCUT2D eigenvalue weighted by Crippen LogP contribution is 2.50. The van der Waals surface area contributed by atoms with Gasteiger partial charge in [0.05, 0.1) is 12.6 Å². The minimum atomic E-state index is -0.0914. The Hall–Kier alpha value is -1.11. The van der Waals surface area contributed by atoms with Crippen LogP contribution in [0.5, 0.6) is 0 Å². The van der Waals surface area contributed by atoms with E-state index in [0.29, 0.717) is 0 Å². The van der Waals surface area contributed by atoms with Gasteiger partial charge in [0.2, 0.25) is 0 Å². The molecule has 1 saturated heterocycles. The van der Waals surface area contributed by atoms with Gasteiger partial charge in [-0.3, -0.25) is 4.99 Å². The molecule has 0 spiro atoms. The fourth-order valence-electron chi connectivity index (χ4n) is 3.78. The van der Waals surface area contributed by atoms with Crippen LogP contribution in [0.4, 0.5) is 0 Å². The van der Waals surface area contributed by atoms with E-state index in [4.69, 9.17) is 4.99 Å². The zero-order valence-corrected chi connectivity index (χ0v) is 18.0. The molecule has 3 rings (SSSR count). The zero-order chi connectivity index (χ0) is 19.1. The molecule has 1 saturated carbocycles. The van der Waals surface area contributed by atoms with E-state index >= 15 is 0 Å². The number of guanidine groups is 1. The van der Waals surface area contributed by atoms with E-state index in [9.17, 15) is 5.11 Å². The molecule has 1 aliphatic heterocycles. The van der Waals surface area contributed by atoms with Gasteiger partial charge in [0.15, 0.2) is 5.96 Å². The Labute approximate surface area is 171 Å². The molecule has 1 heterocycles. The predicted molar refractivity (Wildman–Crippen MR) is 115 cm³/mol. The van der Waals surface area contributed by atoms with Crippen LogP contribution in [-0.4, -0.2) is 61.3 Å². The second-order valence-electron chi connectivity index (χ2n) is 7.81. The number of likely N-dealkylation sites (tertiary alicyclic amines) is 1. The van der Waals surface area contributed by atoms with Gasteiger partial charge in [-0.05, 0) is 57.2 Å². The molecule has 0 atom stereocenters. The predicted octanol–water partition coefficient (Wildman–Crippen LogP) is 2.88. The molecule has 0 radical (unpaired) electrons. The van der Waals surface area contributed by atoms with Crippen LogP contribution in [-0.2, 0) is 5.41 Å². The van der Waals surface area contributed by atoms with Crippen LogP contribution in [0.25, 0.3) is 0 Å². The summed E-state index contributed by atoms with van der Waals surface area (Å²) in [4.78, 5) is 7.34. The summed E-state index contributed by atoms with van der Waals surface area (Å²) in [5.74, 6) is 0.921. The molecule has 1 aromatic carbocycles. The topological polar surface area (TPSA) is 59.9 Å². The summed E-state index contributed by atoms with van der Waals surface area (Å²) in [5.41, 5.74) is 1.59. The Morgan fingerprint density at radius 2 is 2.00 bits per heavy atom. The van der Waals surface area contributed by atoms with Crippen LogP contribution in [0.15, 0.2) is 33.7 Å². The summed E-state index contributed by atoms with van der Waals surface area (Å²) in [7, 11) is 0. The van der Waals surface area contributed by atoms with Crippen molar-refractivity contribution in [3.8, 4) is 0 Å². The van der Waals surface area contributed by atoms with Crippen molar-refractivity contribution in [3.63, 3.8) is 0 Å². The molecule has 3 N–H and O–H groups in total. The Kier molecular flexibility index (Phi) is 7.56. The van der Waals surface area contributed by atoms with Gasteiger partial charge < -0.3 is 20.6 Å². The van der Waals surface area contributed by atoms with Crippen molar-refractivity contribution >= 4 is 21.9 Å². The number of hydrogen-bond donors (Lipinski definition) is 3. The number of aliphatic hydroxyl groups excluding tert-OH is 1. The summed E-state index contributed by atoms with van der Waals surface area (Å²) in [6, 6.07) is 8.54. The summed E-state index contributed by atoms with van der Waals surface area (Å²) >= 11 is 3.70. The summed E-state index contributed by atoms with van der Waals surface area (Å²) in [6.07, 6.45) is 5.24. The maximum absolute atomic E-state index is 9.59. The first kappa shape index (κ1) is 20.6. The third kappa shape index (κ3) is 5.93. The molecule has 0 bridgehead atoms. The number of benzene rings is 1. The molecule has 1 aliphatic carbocycles. The van der Waals surface area contributed by atoms with Crippen molar-refractivity contribution in [1.29, 1.82) is 0 Å². The molecule has 27 heavy (non-hydrogen) atoms. The van der Waals surface area contributed by atoms with Crippen LogP contribution in [0.3, 0.4) is 0 Å². The van der Waals surface area contributed by atoms with E-state index in [2.05, 4.69) is 62.7 Å². The average molecular weight is 437 g/mol. The Morgan fingerprint density at radius 1 is 1.26 bits per heavy atom. The lowest BCUT2D eigenvalue weighted by Gasteiger charge is -2.29. The summed E-state index contributed by atoms with van der Waals surface area (Å²) in [6.45, 7) is 7.85. The number of piperidine rings is 1. The number of nitrogens with zero attached hydrogens (tertiary/aromatic N) is 2. The largest absolute Gasteiger partial charge is 0.393 e. The smallest absolute Gasteiger partial charge is 0.191 e. The molecule has 2 fully saturated rings. The molecule has 2 aliphatic rings. The highest BCUT2D eigenvalue weighted by Gasteiger charge is 2.45. The number of aliphatic hydroxyl groups is 1. The SMILES string of the molecule is CCNC(=NCC1(c2ccccc2Br)CC1)NCCCN1CCC(O)CC1. The van der Waals surface area contributed by atoms with Gasteiger partial charge in [-0.25, -0.2) is 0 Å². The maximum Gasteiger partial charge on any atom is 0.191 e. The Bertz CT molecular complexity index is 624. The van der Waals surface area contributed by atoms with Crippen molar-refractivity contribution in [1.82, 2.24) is 15.5 Å². The van der Waals surface area contributed by atoms with Crippen LogP contribution in [0.2, 0.25) is 0 Å². The number of rotatable bonds is 8. The first-order valence-electron chi connectivity index (χ1n) is 10.3. The maximum atomic E-state index is 9.59. The van der Waals surface area contributed by atoms with E-state index in [1.54, 1.807) is 0 Å². The fraction of sp³-hybridized carbons (Fsp3) is 0.667. The van der Waals surface area contributed by atoms with Crippen LogP contribution in [0.1, 0.15) is 44.6 Å². The van der Waals surface area contributed by atoms with Crippen molar-refractivity contribution in [2.75, 3.05) is 39.3 Å². The third-order valence-electron chi connectivity index (χ3n) is 5.68. The third-order valence-corrected chi connectivity index (χ3v) is 6.37. The van der Waals surface area contributed by atoms with Gasteiger partial charge >= 0.3 is 0 Å². The van der Waals surface area contributed by atoms with Crippen molar-refractivity contribution in [2.24, 2.45) is 4.99 Å². The lowest BCUT2D eigenvalue weighted by molar-refractivity contribution is 0.0823. The number of aliphatic imine (C=N–C) groups is 1. The second-order valence-corrected chi connectivity index (χ2v) is 8.66. The van der Waals surface area contributed by atoms with E-state index in [1.807, 2.05) is 0 Å². The van der Waals surface area contributed by atoms with Crippen LogP contribution >= 0.6 is 15.9 Å². The number of hydrogen-bond acceptors (Lipinski definition) is 3. The van der Waals surface area contributed by atoms with Gasteiger partial charge in [-0.1, -0.05) is 34.1 Å². The first-order chi connectivity index (χ1) is 13.1. The lowest BCUT2D eigenvalue weighted by atomic mass is 9.96. The highest BCUT2D eigenvalue weighted by molar-refractivity contribution is 9.10. The summed E-state index contributed by atoms with van der Waals surface area (Å²) < 4.78 is 1.20. The minimum absolute atomic E-state index is 0.0914. The normalized spacial score (nSPS) is 20.5. The minimum Gasteiger partial charge on any atom is -0.393 e. The van der Waals surface area contributed by atoms with Gasteiger partial charge in [0.1, 0.15) is 0 Å².